The van der Waals surface area contributed by atoms with Gasteiger partial charge in [0.05, 0.1) is 22.6 Å². The lowest BCUT2D eigenvalue weighted by Gasteiger charge is -2.30. The van der Waals surface area contributed by atoms with Gasteiger partial charge in [0.15, 0.2) is 11.6 Å². The van der Waals surface area contributed by atoms with Gasteiger partial charge in [-0.2, -0.15) is 9.97 Å². The maximum atomic E-state index is 5.27. The Labute approximate surface area is 300 Å². The van der Waals surface area contributed by atoms with Gasteiger partial charge in [-0.3, -0.25) is 4.57 Å². The highest BCUT2D eigenvalue weighted by molar-refractivity contribution is 6.23. The summed E-state index contributed by atoms with van der Waals surface area (Å²) in [6.45, 7) is 0. The van der Waals surface area contributed by atoms with Crippen LogP contribution >= 0.6 is 0 Å². The molecule has 244 valence electrons. The normalized spacial score (nSPS) is 13.9. The van der Waals surface area contributed by atoms with Crippen molar-refractivity contribution in [3.63, 3.8) is 0 Å². The van der Waals surface area contributed by atoms with E-state index in [1.54, 1.807) is 0 Å². The first-order valence-electron chi connectivity index (χ1n) is 17.8. The fourth-order valence-corrected chi connectivity index (χ4v) is 8.50. The third-order valence-electron chi connectivity index (χ3n) is 10.7. The average Bonchev–Trinajstić information content (AvgIpc) is 3.74. The summed E-state index contributed by atoms with van der Waals surface area (Å²) in [6, 6.07) is 60.4. The van der Waals surface area contributed by atoms with E-state index in [0.29, 0.717) is 17.6 Å². The van der Waals surface area contributed by atoms with Crippen LogP contribution in [0.5, 0.6) is 0 Å². The summed E-state index contributed by atoms with van der Waals surface area (Å²) < 4.78 is 4.89. The van der Waals surface area contributed by atoms with E-state index in [-0.39, 0.29) is 6.04 Å². The number of rotatable bonds is 4. The monoisotopic (exact) mass is 665 g/mol. The van der Waals surface area contributed by atoms with Crippen LogP contribution in [0.15, 0.2) is 170 Å². The second-order valence-electron chi connectivity index (χ2n) is 13.6. The molecule has 0 saturated carbocycles. The molecular weight excluding hydrogens is 635 g/mol. The van der Waals surface area contributed by atoms with Crippen molar-refractivity contribution in [2.24, 2.45) is 0 Å². The van der Waals surface area contributed by atoms with Gasteiger partial charge in [0.2, 0.25) is 5.95 Å². The van der Waals surface area contributed by atoms with Crippen LogP contribution in [0.4, 0.5) is 0 Å². The van der Waals surface area contributed by atoms with E-state index >= 15 is 0 Å². The number of nitrogens with zero attached hydrogens (tertiary/aromatic N) is 5. The van der Waals surface area contributed by atoms with E-state index in [0.717, 1.165) is 34.0 Å². The van der Waals surface area contributed by atoms with Crippen LogP contribution < -0.4 is 0 Å². The molecule has 1 aliphatic carbocycles. The fraction of sp³-hybridized carbons (Fsp3) is 0.0426. The molecule has 3 heterocycles. The molecule has 1 aliphatic rings. The largest absolute Gasteiger partial charge is 0.331 e. The summed E-state index contributed by atoms with van der Waals surface area (Å²) in [4.78, 5) is 15.6. The van der Waals surface area contributed by atoms with Crippen LogP contribution in [0.25, 0.3) is 83.5 Å². The van der Waals surface area contributed by atoms with Gasteiger partial charge in [0.25, 0.3) is 0 Å². The molecule has 1 unspecified atom stereocenters. The Morgan fingerprint density at radius 3 is 1.67 bits per heavy atom. The van der Waals surface area contributed by atoms with Gasteiger partial charge in [0, 0.05) is 38.2 Å². The summed E-state index contributed by atoms with van der Waals surface area (Å²) >= 11 is 0. The molecule has 7 aromatic carbocycles. The van der Waals surface area contributed by atoms with Crippen LogP contribution in [0.3, 0.4) is 0 Å². The Kier molecular flexibility index (Phi) is 6.31. The first-order chi connectivity index (χ1) is 25.8. The molecule has 52 heavy (non-hydrogen) atoms. The van der Waals surface area contributed by atoms with E-state index in [4.69, 9.17) is 15.0 Å². The van der Waals surface area contributed by atoms with E-state index in [2.05, 4.69) is 143 Å². The topological polar surface area (TPSA) is 48.5 Å². The molecule has 5 heteroatoms. The second-order valence-corrected chi connectivity index (χ2v) is 13.6. The van der Waals surface area contributed by atoms with Crippen LogP contribution in [0, 0.1) is 0 Å². The molecule has 0 aliphatic heterocycles. The van der Waals surface area contributed by atoms with Crippen molar-refractivity contribution in [3.05, 3.63) is 181 Å². The minimum Gasteiger partial charge on any atom is -0.331 e. The smallest absolute Gasteiger partial charge is 0.238 e. The van der Waals surface area contributed by atoms with Gasteiger partial charge in [-0.1, -0.05) is 158 Å². The maximum Gasteiger partial charge on any atom is 0.238 e. The number of para-hydroxylation sites is 2. The lowest BCUT2D eigenvalue weighted by molar-refractivity contribution is 0.613. The Hall–Kier alpha value is -6.85. The minimum absolute atomic E-state index is 0.0729. The third-order valence-corrected chi connectivity index (χ3v) is 10.7. The zero-order valence-electron chi connectivity index (χ0n) is 28.2. The molecule has 0 radical (unpaired) electrons. The SMILES string of the molecule is c1ccc(-c2nc(-c3ccccc3)nc(-n3c4ccccc4c4ccc5c6ccccc6n(C6Cc7ccccc7-c7ccccc76)c5c43)n2)cc1. The van der Waals surface area contributed by atoms with Gasteiger partial charge in [-0.25, -0.2) is 4.98 Å². The van der Waals surface area contributed by atoms with Crippen molar-refractivity contribution < 1.29 is 0 Å². The summed E-state index contributed by atoms with van der Waals surface area (Å²) in [5.41, 5.74) is 11.7. The predicted octanol–water partition coefficient (Wildman–Crippen LogP) is 11.2. The van der Waals surface area contributed by atoms with Gasteiger partial charge in [-0.15, -0.1) is 0 Å². The quantitative estimate of drug-likeness (QED) is 0.188. The molecule has 0 N–H and O–H groups in total. The number of benzene rings is 7. The highest BCUT2D eigenvalue weighted by Gasteiger charge is 2.30. The highest BCUT2D eigenvalue weighted by Crippen LogP contribution is 2.46. The lowest BCUT2D eigenvalue weighted by atomic mass is 9.82. The molecule has 3 aromatic heterocycles. The Morgan fingerprint density at radius 1 is 0.423 bits per heavy atom. The van der Waals surface area contributed by atoms with E-state index in [1.807, 2.05) is 36.4 Å². The van der Waals surface area contributed by atoms with Crippen molar-refractivity contribution >= 4 is 43.6 Å². The molecule has 1 atom stereocenters. The molecule has 5 nitrogen and oxygen atoms in total. The van der Waals surface area contributed by atoms with Crippen molar-refractivity contribution in [2.45, 2.75) is 12.5 Å². The van der Waals surface area contributed by atoms with Gasteiger partial charge < -0.3 is 4.57 Å². The van der Waals surface area contributed by atoms with Crippen molar-refractivity contribution in [3.8, 4) is 39.9 Å². The predicted molar refractivity (Wildman–Crippen MR) is 212 cm³/mol. The molecule has 0 amide bonds. The van der Waals surface area contributed by atoms with Gasteiger partial charge >= 0.3 is 0 Å². The Balaban J connectivity index is 1.29. The average molecular weight is 666 g/mol. The number of hydrogen-bond donors (Lipinski definition) is 0. The summed E-state index contributed by atoms with van der Waals surface area (Å²) in [5, 5.41) is 4.77. The third kappa shape index (κ3) is 4.26. The molecule has 0 spiro atoms. The van der Waals surface area contributed by atoms with Crippen molar-refractivity contribution in [1.29, 1.82) is 0 Å². The molecule has 0 fully saturated rings. The molecule has 10 aromatic rings. The Bertz CT molecular complexity index is 2940. The Morgan fingerprint density at radius 2 is 0.962 bits per heavy atom. The molecule has 11 rings (SSSR count). The lowest BCUT2D eigenvalue weighted by Crippen LogP contribution is -2.19. The van der Waals surface area contributed by atoms with Gasteiger partial charge in [0.1, 0.15) is 0 Å². The number of aromatic nitrogens is 5. The maximum absolute atomic E-state index is 5.27. The summed E-state index contributed by atoms with van der Waals surface area (Å²) in [6.07, 6.45) is 0.889. The summed E-state index contributed by atoms with van der Waals surface area (Å²) in [7, 11) is 0. The fourth-order valence-electron chi connectivity index (χ4n) is 8.50. The van der Waals surface area contributed by atoms with E-state index in [9.17, 15) is 0 Å². The second kappa shape index (κ2) is 11.3. The molecule has 0 bridgehead atoms. The van der Waals surface area contributed by atoms with Crippen LogP contribution in [-0.4, -0.2) is 24.1 Å². The minimum atomic E-state index is 0.0729. The molecular formula is C47H31N5. The van der Waals surface area contributed by atoms with Gasteiger partial charge in [-0.05, 0) is 40.8 Å². The zero-order chi connectivity index (χ0) is 34.2. The number of hydrogen-bond acceptors (Lipinski definition) is 3. The standard InChI is InChI=1S/C47H31N5/c1-3-15-30(16-4-1)45-48-46(31-17-5-2-6-18-31)50-47(49-45)52-41-26-14-12-24-37(41)39-28-27-38-36-23-11-13-25-40(36)51(43(38)44(39)52)42-29-32-19-7-8-20-33(32)34-21-9-10-22-35(34)42/h1-28,42H,29H2. The van der Waals surface area contributed by atoms with Crippen molar-refractivity contribution in [2.75, 3.05) is 0 Å². The summed E-state index contributed by atoms with van der Waals surface area (Å²) in [5.74, 6) is 1.87. The first-order valence-corrected chi connectivity index (χ1v) is 17.8. The van der Waals surface area contributed by atoms with Crippen LogP contribution in [-0.2, 0) is 6.42 Å². The number of fused-ring (bicyclic) bond motifs is 10. The first kappa shape index (κ1) is 28.9. The van der Waals surface area contributed by atoms with E-state index in [1.165, 1.54) is 49.4 Å². The highest BCUT2D eigenvalue weighted by atomic mass is 15.2. The van der Waals surface area contributed by atoms with Crippen molar-refractivity contribution in [1.82, 2.24) is 24.1 Å². The van der Waals surface area contributed by atoms with E-state index < -0.39 is 0 Å². The van der Waals surface area contributed by atoms with Crippen LogP contribution in [0.2, 0.25) is 0 Å². The molecule has 0 saturated heterocycles. The zero-order valence-corrected chi connectivity index (χ0v) is 28.2. The van der Waals surface area contributed by atoms with Crippen LogP contribution in [0.1, 0.15) is 17.2 Å².